The van der Waals surface area contributed by atoms with Gasteiger partial charge in [-0.25, -0.2) is 15.0 Å². The van der Waals surface area contributed by atoms with E-state index in [-0.39, 0.29) is 0 Å². The predicted octanol–water partition coefficient (Wildman–Crippen LogP) is 7.68. The Morgan fingerprint density at radius 1 is 0.526 bits per heavy atom. The molecule has 0 aliphatic rings. The monoisotopic (exact) mass is 487 g/mol. The minimum Gasteiger partial charge on any atom is -0.306 e. The molecule has 178 valence electrons. The molecule has 0 unspecified atom stereocenters. The van der Waals surface area contributed by atoms with Crippen molar-refractivity contribution in [2.75, 3.05) is 0 Å². The lowest BCUT2D eigenvalue weighted by atomic mass is 10.0. The lowest BCUT2D eigenvalue weighted by Gasteiger charge is -2.09. The number of benzene rings is 3. The fraction of sp³-hybridized carbons (Fsp3) is 0. The van der Waals surface area contributed by atoms with E-state index in [2.05, 4.69) is 88.1 Å². The van der Waals surface area contributed by atoms with Crippen molar-refractivity contribution in [3.8, 4) is 33.6 Å². The molecule has 5 heterocycles. The van der Waals surface area contributed by atoms with Crippen LogP contribution in [0.4, 0.5) is 0 Å². The van der Waals surface area contributed by atoms with Crippen molar-refractivity contribution in [2.24, 2.45) is 0 Å². The number of para-hydroxylation sites is 1. The molecule has 5 nitrogen and oxygen atoms in total. The highest BCUT2D eigenvalue weighted by Crippen LogP contribution is 2.34. The first-order valence-corrected chi connectivity index (χ1v) is 12.6. The average molecular weight is 488 g/mol. The molecule has 0 atom stereocenters. The Labute approximate surface area is 218 Å². The molecule has 5 aromatic heterocycles. The van der Waals surface area contributed by atoms with E-state index in [9.17, 15) is 0 Å². The van der Waals surface area contributed by atoms with Gasteiger partial charge in [0.2, 0.25) is 0 Å². The molecule has 0 spiro atoms. The smallest absolute Gasteiger partial charge is 0.137 e. The molecule has 0 radical (unpaired) electrons. The molecule has 3 aromatic carbocycles. The average Bonchev–Trinajstić information content (AvgIpc) is 3.59. The van der Waals surface area contributed by atoms with Crippen molar-refractivity contribution in [1.82, 2.24) is 23.8 Å². The summed E-state index contributed by atoms with van der Waals surface area (Å²) in [5.74, 6) is 0. The third kappa shape index (κ3) is 3.22. The van der Waals surface area contributed by atoms with Gasteiger partial charge in [0.25, 0.3) is 0 Å². The van der Waals surface area contributed by atoms with Crippen LogP contribution in [0.1, 0.15) is 0 Å². The van der Waals surface area contributed by atoms with E-state index in [1.807, 2.05) is 48.5 Å². The van der Waals surface area contributed by atoms with Crippen LogP contribution in [-0.2, 0) is 0 Å². The summed E-state index contributed by atoms with van der Waals surface area (Å²) in [6, 6.07) is 37.4. The predicted molar refractivity (Wildman–Crippen MR) is 153 cm³/mol. The lowest BCUT2D eigenvalue weighted by molar-refractivity contribution is 1.19. The van der Waals surface area contributed by atoms with Gasteiger partial charge in [-0.2, -0.15) is 0 Å². The number of fused-ring (bicyclic) bond motifs is 6. The van der Waals surface area contributed by atoms with Crippen LogP contribution in [0.15, 0.2) is 128 Å². The SMILES string of the molecule is c1ccc(-c2cn3cc(-c4cccc(-c5nc6ccccc6c6nc7ccccn7c56)c4)ccc3n2)cc1. The number of imidazole rings is 2. The normalized spacial score (nSPS) is 11.7. The minimum atomic E-state index is 0.915. The fourth-order valence-corrected chi connectivity index (χ4v) is 5.31. The van der Waals surface area contributed by atoms with Crippen LogP contribution in [0.2, 0.25) is 0 Å². The van der Waals surface area contributed by atoms with Crippen LogP contribution >= 0.6 is 0 Å². The summed E-state index contributed by atoms with van der Waals surface area (Å²) in [4.78, 5) is 14.9. The largest absolute Gasteiger partial charge is 0.306 e. The summed E-state index contributed by atoms with van der Waals surface area (Å²) in [5.41, 5.74) is 11.1. The van der Waals surface area contributed by atoms with Gasteiger partial charge in [-0.05, 0) is 47.5 Å². The van der Waals surface area contributed by atoms with Gasteiger partial charge in [0.05, 0.1) is 22.4 Å². The summed E-state index contributed by atoms with van der Waals surface area (Å²) in [5, 5.41) is 1.06. The van der Waals surface area contributed by atoms with E-state index in [1.54, 1.807) is 0 Å². The Hall–Kier alpha value is -5.29. The van der Waals surface area contributed by atoms with Gasteiger partial charge in [0.15, 0.2) is 0 Å². The highest BCUT2D eigenvalue weighted by molar-refractivity contribution is 6.09. The second kappa shape index (κ2) is 8.11. The number of hydrogen-bond donors (Lipinski definition) is 0. The Morgan fingerprint density at radius 3 is 2.29 bits per heavy atom. The van der Waals surface area contributed by atoms with Crippen LogP contribution in [0.3, 0.4) is 0 Å². The van der Waals surface area contributed by atoms with Crippen LogP contribution in [0.25, 0.3) is 66.9 Å². The molecule has 8 aromatic rings. The Bertz CT molecular complexity index is 2140. The molecule has 0 aliphatic carbocycles. The summed E-state index contributed by atoms with van der Waals surface area (Å²) < 4.78 is 4.24. The quantitative estimate of drug-likeness (QED) is 0.257. The summed E-state index contributed by atoms with van der Waals surface area (Å²) in [7, 11) is 0. The number of pyridine rings is 3. The first kappa shape index (κ1) is 20.9. The second-order valence-corrected chi connectivity index (χ2v) is 9.47. The van der Waals surface area contributed by atoms with E-state index in [1.165, 1.54) is 0 Å². The van der Waals surface area contributed by atoms with Gasteiger partial charge in [0.1, 0.15) is 16.8 Å². The van der Waals surface area contributed by atoms with E-state index >= 15 is 0 Å². The maximum absolute atomic E-state index is 5.14. The third-order valence-electron chi connectivity index (χ3n) is 7.14. The van der Waals surface area contributed by atoms with Crippen molar-refractivity contribution in [2.45, 2.75) is 0 Å². The van der Waals surface area contributed by atoms with Gasteiger partial charge < -0.3 is 4.40 Å². The van der Waals surface area contributed by atoms with Crippen molar-refractivity contribution in [3.05, 3.63) is 128 Å². The Morgan fingerprint density at radius 2 is 1.34 bits per heavy atom. The van der Waals surface area contributed by atoms with E-state index < -0.39 is 0 Å². The standard InChI is InChI=1S/C33H21N5/c1-2-9-22(10-3-1)28-21-37-20-25(16-17-29(37)34-28)23-11-8-12-24(19-23)31-33-32(26-13-4-5-14-27(26)35-31)36-30-15-6-7-18-38(30)33/h1-21H. The van der Waals surface area contributed by atoms with E-state index in [4.69, 9.17) is 15.0 Å². The number of nitrogens with zero attached hydrogens (tertiary/aromatic N) is 5. The Kier molecular flexibility index (Phi) is 4.45. The molecule has 0 N–H and O–H groups in total. The highest BCUT2D eigenvalue weighted by atomic mass is 15.0. The molecule has 0 aliphatic heterocycles. The number of aromatic nitrogens is 5. The van der Waals surface area contributed by atoms with Crippen LogP contribution in [0.5, 0.6) is 0 Å². The molecule has 38 heavy (non-hydrogen) atoms. The summed E-state index contributed by atoms with van der Waals surface area (Å²) >= 11 is 0. The first-order chi connectivity index (χ1) is 18.8. The minimum absolute atomic E-state index is 0.915. The fourth-order valence-electron chi connectivity index (χ4n) is 5.31. The molecule has 0 fully saturated rings. The van der Waals surface area contributed by atoms with E-state index in [0.717, 1.165) is 66.9 Å². The maximum Gasteiger partial charge on any atom is 0.137 e. The van der Waals surface area contributed by atoms with Crippen molar-refractivity contribution in [3.63, 3.8) is 0 Å². The topological polar surface area (TPSA) is 47.5 Å². The highest BCUT2D eigenvalue weighted by Gasteiger charge is 2.16. The zero-order valence-corrected chi connectivity index (χ0v) is 20.4. The molecule has 5 heteroatoms. The molecular formula is C33H21N5. The van der Waals surface area contributed by atoms with Crippen molar-refractivity contribution < 1.29 is 0 Å². The maximum atomic E-state index is 5.14. The van der Waals surface area contributed by atoms with Gasteiger partial charge in [-0.1, -0.05) is 72.8 Å². The zero-order valence-electron chi connectivity index (χ0n) is 20.4. The first-order valence-electron chi connectivity index (χ1n) is 12.6. The van der Waals surface area contributed by atoms with Crippen LogP contribution < -0.4 is 0 Å². The Balaban J connectivity index is 1.30. The van der Waals surface area contributed by atoms with Gasteiger partial charge in [0, 0.05) is 35.1 Å². The van der Waals surface area contributed by atoms with Crippen LogP contribution in [-0.4, -0.2) is 23.8 Å². The molecule has 0 amide bonds. The van der Waals surface area contributed by atoms with Crippen LogP contribution in [0, 0.1) is 0 Å². The number of hydrogen-bond acceptors (Lipinski definition) is 3. The van der Waals surface area contributed by atoms with Gasteiger partial charge in [-0.3, -0.25) is 4.40 Å². The molecule has 0 saturated heterocycles. The molecule has 8 rings (SSSR count). The number of rotatable bonds is 3. The van der Waals surface area contributed by atoms with Gasteiger partial charge >= 0.3 is 0 Å². The lowest BCUT2D eigenvalue weighted by Crippen LogP contribution is -1.92. The zero-order chi connectivity index (χ0) is 25.1. The van der Waals surface area contributed by atoms with Crippen molar-refractivity contribution >= 4 is 33.2 Å². The summed E-state index contributed by atoms with van der Waals surface area (Å²) in [6.45, 7) is 0. The molecule has 0 bridgehead atoms. The van der Waals surface area contributed by atoms with Crippen molar-refractivity contribution in [1.29, 1.82) is 0 Å². The third-order valence-corrected chi connectivity index (χ3v) is 7.14. The molecular weight excluding hydrogens is 466 g/mol. The summed E-state index contributed by atoms with van der Waals surface area (Å²) in [6.07, 6.45) is 6.29. The van der Waals surface area contributed by atoms with E-state index in [0.29, 0.717) is 0 Å². The second-order valence-electron chi connectivity index (χ2n) is 9.47. The van der Waals surface area contributed by atoms with Gasteiger partial charge in [-0.15, -0.1) is 0 Å². The molecule has 0 saturated carbocycles.